The maximum absolute atomic E-state index is 13.7. The van der Waals surface area contributed by atoms with Crippen molar-refractivity contribution in [1.29, 1.82) is 0 Å². The summed E-state index contributed by atoms with van der Waals surface area (Å²) in [5.41, 5.74) is 2.46. The molecule has 3 atom stereocenters. The van der Waals surface area contributed by atoms with Crippen molar-refractivity contribution >= 4 is 45.7 Å². The molecule has 3 heterocycles. The third-order valence-corrected chi connectivity index (χ3v) is 8.12. The van der Waals surface area contributed by atoms with E-state index in [4.69, 9.17) is 17.0 Å². The van der Waals surface area contributed by atoms with Crippen LogP contribution in [0.4, 0.5) is 10.5 Å². The molecule has 3 amide bonds. The van der Waals surface area contributed by atoms with Gasteiger partial charge in [0.25, 0.3) is 5.91 Å². The van der Waals surface area contributed by atoms with Crippen molar-refractivity contribution in [2.45, 2.75) is 37.6 Å². The minimum atomic E-state index is -0.528. The van der Waals surface area contributed by atoms with E-state index in [0.29, 0.717) is 29.6 Å². The number of hydrogen-bond donors (Lipinski definition) is 2. The Balaban J connectivity index is 1.15. The van der Waals surface area contributed by atoms with E-state index in [-0.39, 0.29) is 30.6 Å². The molecule has 0 spiro atoms. The Morgan fingerprint density at radius 1 is 1.14 bits per heavy atom. The second-order valence-electron chi connectivity index (χ2n) is 9.70. The number of aliphatic hydroxyl groups is 1. The first-order chi connectivity index (χ1) is 18.0. The van der Waals surface area contributed by atoms with Gasteiger partial charge < -0.3 is 25.0 Å². The lowest BCUT2D eigenvalue weighted by Gasteiger charge is -2.36. The van der Waals surface area contributed by atoms with Crippen molar-refractivity contribution in [3.05, 3.63) is 71.8 Å². The van der Waals surface area contributed by atoms with Crippen molar-refractivity contribution in [3.8, 4) is 5.75 Å². The van der Waals surface area contributed by atoms with Crippen molar-refractivity contribution in [3.63, 3.8) is 0 Å². The number of carbonyl (C=O) groups is 2. The number of rotatable bonds is 6. The molecule has 2 bridgehead atoms. The maximum atomic E-state index is 13.7. The van der Waals surface area contributed by atoms with Gasteiger partial charge in [-0.3, -0.25) is 4.79 Å². The first-order valence-electron chi connectivity index (χ1n) is 12.5. The molecule has 0 saturated carbocycles. The van der Waals surface area contributed by atoms with E-state index < -0.39 is 6.04 Å². The molecular weight excluding hydrogens is 488 g/mol. The first-order valence-corrected chi connectivity index (χ1v) is 12.9. The standard InChI is InChI=1S/C28H28N4O4S/c1-36-24-13-17(9-10-19(24)16-33)11-12-29-27(37)30-15-20-14-23(30)25-26(34)32(28(35)31(20)25)22-8-4-6-18-5-2-3-7-21(18)22/h2-10,13,20,23,25,33H,11-12,14-16H2,1H3,(H,29,37)/t20-,23?,25-/m1/s1. The second kappa shape index (κ2) is 9.32. The van der Waals surface area contributed by atoms with Crippen LogP contribution in [0.3, 0.4) is 0 Å². The summed E-state index contributed by atoms with van der Waals surface area (Å²) in [6.07, 6.45) is 1.47. The quantitative estimate of drug-likeness (QED) is 0.385. The van der Waals surface area contributed by atoms with Crippen LogP contribution in [0.1, 0.15) is 17.5 Å². The molecule has 3 aliphatic rings. The Morgan fingerprint density at radius 2 is 1.95 bits per heavy atom. The van der Waals surface area contributed by atoms with Gasteiger partial charge in [0.1, 0.15) is 11.8 Å². The molecule has 6 rings (SSSR count). The molecule has 3 fully saturated rings. The lowest BCUT2D eigenvalue weighted by Crippen LogP contribution is -2.57. The molecule has 37 heavy (non-hydrogen) atoms. The Hall–Kier alpha value is -3.69. The number of likely N-dealkylation sites (tertiary alicyclic amines) is 1. The van der Waals surface area contributed by atoms with Gasteiger partial charge in [-0.1, -0.05) is 48.5 Å². The highest BCUT2D eigenvalue weighted by Crippen LogP contribution is 2.43. The number of hydrogen-bond acceptors (Lipinski definition) is 5. The molecule has 190 valence electrons. The molecule has 3 aromatic carbocycles. The minimum Gasteiger partial charge on any atom is -0.496 e. The minimum absolute atomic E-state index is 0.0403. The number of fused-ring (bicyclic) bond motifs is 6. The van der Waals surface area contributed by atoms with Crippen LogP contribution < -0.4 is 15.0 Å². The van der Waals surface area contributed by atoms with E-state index in [9.17, 15) is 14.7 Å². The lowest BCUT2D eigenvalue weighted by atomic mass is 10.1. The van der Waals surface area contributed by atoms with Gasteiger partial charge in [-0.25, -0.2) is 9.69 Å². The predicted octanol–water partition coefficient (Wildman–Crippen LogP) is 3.05. The average molecular weight is 517 g/mol. The third-order valence-electron chi connectivity index (χ3n) is 7.74. The molecule has 0 aliphatic carbocycles. The van der Waals surface area contributed by atoms with Crippen LogP contribution in [-0.4, -0.2) is 70.3 Å². The number of benzene rings is 3. The number of anilines is 1. The van der Waals surface area contributed by atoms with Crippen LogP contribution in [0, 0.1) is 0 Å². The number of ether oxygens (including phenoxy) is 1. The van der Waals surface area contributed by atoms with E-state index in [2.05, 4.69) is 10.2 Å². The summed E-state index contributed by atoms with van der Waals surface area (Å²) in [7, 11) is 1.59. The van der Waals surface area contributed by atoms with Crippen molar-refractivity contribution in [2.75, 3.05) is 25.1 Å². The number of aliphatic hydroxyl groups excluding tert-OH is 1. The van der Waals surface area contributed by atoms with E-state index in [1.807, 2.05) is 60.7 Å². The number of nitrogens with zero attached hydrogens (tertiary/aromatic N) is 3. The summed E-state index contributed by atoms with van der Waals surface area (Å²) < 4.78 is 5.36. The van der Waals surface area contributed by atoms with Gasteiger partial charge in [-0.05, 0) is 48.1 Å². The highest BCUT2D eigenvalue weighted by atomic mass is 32.1. The van der Waals surface area contributed by atoms with Crippen LogP contribution in [0.5, 0.6) is 5.75 Å². The lowest BCUT2D eigenvalue weighted by molar-refractivity contribution is -0.120. The zero-order valence-corrected chi connectivity index (χ0v) is 21.3. The van der Waals surface area contributed by atoms with Crippen molar-refractivity contribution in [2.24, 2.45) is 0 Å². The monoisotopic (exact) mass is 516 g/mol. The SMILES string of the molecule is COc1cc(CCNC(=S)N2C[C@H]3CC2[C@@H]2C(=O)N(c4cccc5ccccc45)C(=O)N32)ccc1CO. The third kappa shape index (κ3) is 3.81. The first kappa shape index (κ1) is 23.7. The zero-order valence-electron chi connectivity index (χ0n) is 20.5. The van der Waals surface area contributed by atoms with Crippen molar-refractivity contribution in [1.82, 2.24) is 15.1 Å². The summed E-state index contributed by atoms with van der Waals surface area (Å²) >= 11 is 5.72. The molecular formula is C28H28N4O4S. The number of methoxy groups -OCH3 is 1. The number of thiocarbonyl (C=S) groups is 1. The molecule has 3 aromatic rings. The van der Waals surface area contributed by atoms with Gasteiger partial charge in [-0.15, -0.1) is 0 Å². The second-order valence-corrected chi connectivity index (χ2v) is 10.1. The topological polar surface area (TPSA) is 85.4 Å². The molecule has 3 saturated heterocycles. The Bertz CT molecular complexity index is 1410. The fourth-order valence-corrected chi connectivity index (χ4v) is 6.32. The average Bonchev–Trinajstić information content (AvgIpc) is 3.59. The fraction of sp³-hybridized carbons (Fsp3) is 0.321. The van der Waals surface area contributed by atoms with E-state index >= 15 is 0 Å². The van der Waals surface area contributed by atoms with Gasteiger partial charge in [0.05, 0.1) is 31.5 Å². The maximum Gasteiger partial charge on any atom is 0.332 e. The summed E-state index contributed by atoms with van der Waals surface area (Å²) in [5.74, 6) is 0.483. The fourth-order valence-electron chi connectivity index (χ4n) is 6.01. The summed E-state index contributed by atoms with van der Waals surface area (Å²) in [5, 5.41) is 15.2. The highest BCUT2D eigenvalue weighted by molar-refractivity contribution is 7.80. The number of piperazine rings is 1. The number of imide groups is 1. The van der Waals surface area contributed by atoms with E-state index in [1.165, 1.54) is 4.90 Å². The van der Waals surface area contributed by atoms with Gasteiger partial charge in [0, 0.05) is 24.0 Å². The predicted molar refractivity (Wildman–Crippen MR) is 145 cm³/mol. The van der Waals surface area contributed by atoms with Crippen molar-refractivity contribution < 1.29 is 19.4 Å². The number of urea groups is 1. The number of carbonyl (C=O) groups excluding carboxylic acids is 2. The van der Waals surface area contributed by atoms with Gasteiger partial charge >= 0.3 is 6.03 Å². The molecule has 9 heteroatoms. The van der Waals surface area contributed by atoms with Crippen LogP contribution in [0.15, 0.2) is 60.7 Å². The molecule has 0 aromatic heterocycles. The van der Waals surface area contributed by atoms with Crippen LogP contribution in [-0.2, 0) is 17.8 Å². The zero-order chi connectivity index (χ0) is 25.7. The summed E-state index contributed by atoms with van der Waals surface area (Å²) in [4.78, 5) is 32.3. The molecule has 0 radical (unpaired) electrons. The van der Waals surface area contributed by atoms with E-state index in [1.54, 1.807) is 12.0 Å². The van der Waals surface area contributed by atoms with Crippen LogP contribution in [0.25, 0.3) is 10.8 Å². The number of nitrogens with one attached hydrogen (secondary N) is 1. The highest BCUT2D eigenvalue weighted by Gasteiger charge is 2.62. The normalized spacial score (nSPS) is 22.2. The van der Waals surface area contributed by atoms with Crippen LogP contribution in [0.2, 0.25) is 0 Å². The Kier molecular flexibility index (Phi) is 5.97. The number of amides is 3. The molecule has 8 nitrogen and oxygen atoms in total. The van der Waals surface area contributed by atoms with Gasteiger partial charge in [0.2, 0.25) is 0 Å². The van der Waals surface area contributed by atoms with E-state index in [0.717, 1.165) is 34.7 Å². The molecule has 2 N–H and O–H groups in total. The largest absolute Gasteiger partial charge is 0.496 e. The summed E-state index contributed by atoms with van der Waals surface area (Å²) in [6.45, 7) is 1.17. The smallest absolute Gasteiger partial charge is 0.332 e. The van der Waals surface area contributed by atoms with Gasteiger partial charge in [-0.2, -0.15) is 0 Å². The molecule has 3 aliphatic heterocycles. The van der Waals surface area contributed by atoms with Gasteiger partial charge in [0.15, 0.2) is 5.11 Å². The Morgan fingerprint density at radius 3 is 2.76 bits per heavy atom. The Labute approximate surface area is 220 Å². The van der Waals surface area contributed by atoms with Crippen LogP contribution >= 0.6 is 12.2 Å². The molecule has 1 unspecified atom stereocenters. The summed E-state index contributed by atoms with van der Waals surface area (Å²) in [6, 6.07) is 18.3.